The number of nitro benzene ring substituents is 1. The molecule has 32 heavy (non-hydrogen) atoms. The van der Waals surface area contributed by atoms with Crippen molar-refractivity contribution < 1.29 is 28.4 Å². The molecular weight excluding hydrogens is 423 g/mol. The minimum absolute atomic E-state index is 0.0109. The topological polar surface area (TPSA) is 132 Å². The smallest absolute Gasteiger partial charge is 0.343 e. The largest absolute Gasteiger partial charge is 0.507 e. The summed E-state index contributed by atoms with van der Waals surface area (Å²) < 4.78 is 23.8. The van der Waals surface area contributed by atoms with Crippen molar-refractivity contribution in [3.63, 3.8) is 0 Å². The third kappa shape index (κ3) is 4.91. The first-order valence-corrected chi connectivity index (χ1v) is 9.41. The van der Waals surface area contributed by atoms with Gasteiger partial charge in [-0.1, -0.05) is 12.1 Å². The number of anilines is 1. The van der Waals surface area contributed by atoms with Crippen LogP contribution >= 0.6 is 0 Å². The molecule has 0 radical (unpaired) electrons. The maximum atomic E-state index is 13.6. The molecule has 10 heteroatoms. The Bertz CT molecular complexity index is 1220. The van der Waals surface area contributed by atoms with Crippen molar-refractivity contribution >= 4 is 17.3 Å². The van der Waals surface area contributed by atoms with Crippen LogP contribution in [-0.2, 0) is 4.79 Å². The van der Waals surface area contributed by atoms with Crippen LogP contribution in [0.1, 0.15) is 29.2 Å². The van der Waals surface area contributed by atoms with E-state index in [1.807, 2.05) is 0 Å². The fourth-order valence-corrected chi connectivity index (χ4v) is 3.28. The van der Waals surface area contributed by atoms with Gasteiger partial charge in [0, 0.05) is 30.2 Å². The minimum atomic E-state index is -1.04. The summed E-state index contributed by atoms with van der Waals surface area (Å²) in [5.74, 6) is -2.13. The Kier molecular flexibility index (Phi) is 6.53. The molecule has 1 unspecified atom stereocenters. The Labute approximate surface area is 181 Å². The van der Waals surface area contributed by atoms with Gasteiger partial charge in [-0.2, -0.15) is 4.39 Å². The number of hydrogen-bond donors (Lipinski definition) is 2. The molecule has 1 heterocycles. The number of aromatic hydroxyl groups is 1. The van der Waals surface area contributed by atoms with Crippen molar-refractivity contribution in [2.75, 3.05) is 12.4 Å². The summed E-state index contributed by atoms with van der Waals surface area (Å²) in [7, 11) is 1.49. The molecule has 3 rings (SSSR count). The van der Waals surface area contributed by atoms with Crippen LogP contribution in [0.3, 0.4) is 0 Å². The predicted molar refractivity (Wildman–Crippen MR) is 113 cm³/mol. The van der Waals surface area contributed by atoms with Gasteiger partial charge in [0.1, 0.15) is 17.3 Å². The molecule has 3 aromatic rings. The zero-order valence-electron chi connectivity index (χ0n) is 17.1. The number of hydrogen-bond acceptors (Lipinski definition) is 7. The number of halogens is 1. The molecule has 0 fully saturated rings. The van der Waals surface area contributed by atoms with E-state index in [-0.39, 0.29) is 29.2 Å². The van der Waals surface area contributed by atoms with Crippen LogP contribution in [0, 0.1) is 22.9 Å². The molecule has 0 bridgehead atoms. The number of ether oxygens (including phenoxy) is 1. The molecular formula is C22H19FN2O7. The van der Waals surface area contributed by atoms with Crippen LogP contribution in [0.2, 0.25) is 0 Å². The maximum Gasteiger partial charge on any atom is 0.343 e. The second-order valence-corrected chi connectivity index (χ2v) is 6.94. The summed E-state index contributed by atoms with van der Waals surface area (Å²) in [6.45, 7) is 1.50. The van der Waals surface area contributed by atoms with E-state index in [4.69, 9.17) is 9.15 Å². The number of amides is 1. The second-order valence-electron chi connectivity index (χ2n) is 6.94. The first kappa shape index (κ1) is 22.5. The van der Waals surface area contributed by atoms with Gasteiger partial charge in [-0.05, 0) is 36.8 Å². The van der Waals surface area contributed by atoms with E-state index in [0.29, 0.717) is 11.3 Å². The molecule has 0 aliphatic heterocycles. The Morgan fingerprint density at radius 3 is 2.53 bits per heavy atom. The zero-order valence-corrected chi connectivity index (χ0v) is 17.1. The van der Waals surface area contributed by atoms with Crippen LogP contribution in [0.4, 0.5) is 15.8 Å². The van der Waals surface area contributed by atoms with Gasteiger partial charge < -0.3 is 19.6 Å². The summed E-state index contributed by atoms with van der Waals surface area (Å²) in [4.78, 5) is 35.3. The lowest BCUT2D eigenvalue weighted by molar-refractivity contribution is -0.387. The van der Waals surface area contributed by atoms with Gasteiger partial charge in [0.05, 0.1) is 17.6 Å². The number of nitrogens with one attached hydrogen (secondary N) is 1. The average Bonchev–Trinajstić information content (AvgIpc) is 2.73. The molecule has 0 saturated heterocycles. The fraction of sp³-hybridized carbons (Fsp3) is 0.182. The highest BCUT2D eigenvalue weighted by Gasteiger charge is 2.26. The highest BCUT2D eigenvalue weighted by atomic mass is 19.1. The lowest BCUT2D eigenvalue weighted by Gasteiger charge is -2.18. The van der Waals surface area contributed by atoms with Crippen LogP contribution < -0.4 is 15.7 Å². The molecule has 2 aromatic carbocycles. The summed E-state index contributed by atoms with van der Waals surface area (Å²) in [5.41, 5.74) is -1.16. The number of methoxy groups -OCH3 is 1. The minimum Gasteiger partial charge on any atom is -0.507 e. The van der Waals surface area contributed by atoms with Crippen LogP contribution in [0.25, 0.3) is 0 Å². The number of rotatable bonds is 7. The first-order chi connectivity index (χ1) is 15.2. The molecule has 1 amide bonds. The van der Waals surface area contributed by atoms with Gasteiger partial charge >= 0.3 is 11.3 Å². The van der Waals surface area contributed by atoms with Gasteiger partial charge in [0.25, 0.3) is 0 Å². The van der Waals surface area contributed by atoms with Crippen molar-refractivity contribution in [2.24, 2.45) is 0 Å². The molecule has 1 atom stereocenters. The molecule has 0 aliphatic rings. The van der Waals surface area contributed by atoms with Crippen molar-refractivity contribution in [3.8, 4) is 11.5 Å². The first-order valence-electron chi connectivity index (χ1n) is 9.41. The molecule has 1 aromatic heterocycles. The SMILES string of the molecule is COc1ccc(C(CC(=O)Nc2ccc(F)c([N+](=O)[O-])c2)c2c(O)cc(C)oc2=O)cc1. The number of carbonyl (C=O) groups excluding carboxylic acids is 1. The monoisotopic (exact) mass is 442 g/mol. The summed E-state index contributed by atoms with van der Waals surface area (Å²) >= 11 is 0. The lowest BCUT2D eigenvalue weighted by atomic mass is 9.88. The molecule has 0 saturated carbocycles. The van der Waals surface area contributed by atoms with Gasteiger partial charge in [0.2, 0.25) is 11.7 Å². The zero-order chi connectivity index (χ0) is 23.4. The van der Waals surface area contributed by atoms with E-state index in [9.17, 15) is 29.2 Å². The van der Waals surface area contributed by atoms with Crippen LogP contribution in [-0.4, -0.2) is 23.0 Å². The van der Waals surface area contributed by atoms with Gasteiger partial charge in [-0.3, -0.25) is 14.9 Å². The van der Waals surface area contributed by atoms with E-state index >= 15 is 0 Å². The van der Waals surface area contributed by atoms with Crippen LogP contribution in [0.15, 0.2) is 57.7 Å². The third-order valence-electron chi connectivity index (χ3n) is 4.77. The van der Waals surface area contributed by atoms with Crippen molar-refractivity contribution in [2.45, 2.75) is 19.3 Å². The molecule has 0 aliphatic carbocycles. The summed E-state index contributed by atoms with van der Waals surface area (Å²) in [6.07, 6.45) is -0.307. The number of nitro groups is 1. The van der Waals surface area contributed by atoms with Crippen molar-refractivity contribution in [1.29, 1.82) is 0 Å². The van der Waals surface area contributed by atoms with Gasteiger partial charge in [-0.25, -0.2) is 4.79 Å². The molecule has 9 nitrogen and oxygen atoms in total. The van der Waals surface area contributed by atoms with Gasteiger partial charge in [-0.15, -0.1) is 0 Å². The quantitative estimate of drug-likeness (QED) is 0.419. The van der Waals surface area contributed by atoms with Crippen molar-refractivity contribution in [3.05, 3.63) is 91.8 Å². The van der Waals surface area contributed by atoms with Crippen LogP contribution in [0.5, 0.6) is 11.5 Å². The Morgan fingerprint density at radius 1 is 1.25 bits per heavy atom. The van der Waals surface area contributed by atoms with E-state index in [2.05, 4.69) is 5.32 Å². The Balaban J connectivity index is 1.96. The third-order valence-corrected chi connectivity index (χ3v) is 4.77. The summed E-state index contributed by atoms with van der Waals surface area (Å²) in [5, 5.41) is 23.8. The highest BCUT2D eigenvalue weighted by molar-refractivity contribution is 5.92. The van der Waals surface area contributed by atoms with Gasteiger partial charge in [0.15, 0.2) is 0 Å². The normalized spacial score (nSPS) is 11.6. The Morgan fingerprint density at radius 2 is 1.94 bits per heavy atom. The van der Waals surface area contributed by atoms with Crippen molar-refractivity contribution in [1.82, 2.24) is 0 Å². The van der Waals surface area contributed by atoms with E-state index < -0.39 is 33.9 Å². The standard InChI is InChI=1S/C22H19FN2O7/c1-12-9-19(26)21(22(28)32-12)16(13-3-6-15(31-2)7-4-13)11-20(27)24-14-5-8-17(23)18(10-14)25(29)30/h3-10,16,26H,11H2,1-2H3,(H,24,27). The average molecular weight is 442 g/mol. The summed E-state index contributed by atoms with van der Waals surface area (Å²) in [6, 6.07) is 10.8. The number of nitrogens with zero attached hydrogens (tertiary/aromatic N) is 1. The van der Waals surface area contributed by atoms with E-state index in [0.717, 1.165) is 12.1 Å². The van der Waals surface area contributed by atoms with E-state index in [1.54, 1.807) is 24.3 Å². The fourth-order valence-electron chi connectivity index (χ4n) is 3.28. The molecule has 166 valence electrons. The lowest BCUT2D eigenvalue weighted by Crippen LogP contribution is -2.21. The second kappa shape index (κ2) is 9.29. The molecule has 2 N–H and O–H groups in total. The number of carbonyl (C=O) groups is 1. The van der Waals surface area contributed by atoms with E-state index in [1.165, 1.54) is 26.2 Å². The Hall–Kier alpha value is -4.21. The maximum absolute atomic E-state index is 13.6. The number of benzene rings is 2. The number of aryl methyl sites for hydroxylation is 1. The predicted octanol–water partition coefficient (Wildman–Crippen LogP) is 3.87. The molecule has 0 spiro atoms. The highest BCUT2D eigenvalue weighted by Crippen LogP contribution is 2.33.